The van der Waals surface area contributed by atoms with E-state index in [1.165, 1.54) is 6.07 Å². The normalized spacial score (nSPS) is 11.2. The molecule has 5 nitrogen and oxygen atoms in total. The number of amides is 1. The van der Waals surface area contributed by atoms with E-state index >= 15 is 0 Å². The lowest BCUT2D eigenvalue weighted by molar-refractivity contribution is 0.102. The predicted octanol–water partition coefficient (Wildman–Crippen LogP) is 3.34. The Kier molecular flexibility index (Phi) is 4.67. The molecule has 0 fully saturated rings. The number of anilines is 1. The van der Waals surface area contributed by atoms with Crippen LogP contribution in [0.2, 0.25) is 10.0 Å². The summed E-state index contributed by atoms with van der Waals surface area (Å²) < 4.78 is 0. The van der Waals surface area contributed by atoms with Crippen LogP contribution < -0.4 is 11.1 Å². The second-order valence-corrected chi connectivity index (χ2v) is 4.93. The van der Waals surface area contributed by atoms with E-state index in [4.69, 9.17) is 34.1 Å². The molecule has 7 heteroatoms. The molecule has 0 unspecified atom stereocenters. The van der Waals surface area contributed by atoms with Gasteiger partial charge in [-0.25, -0.2) is 0 Å². The lowest BCUT2D eigenvalue weighted by Crippen LogP contribution is -2.16. The number of carbonyl (C=O) groups excluding carboxylic acids is 1. The molecule has 0 heterocycles. The molecule has 0 saturated carbocycles. The zero-order chi connectivity index (χ0) is 15.4. The standard InChI is InChI=1S/C14H11Cl2N3O2/c15-10-5-2-6-11(16)12(10)18-14(20)9-4-1-3-8(7-9)13(17)19-21/h1-7,21H,(H2,17,19)(H,18,20). The number of benzene rings is 2. The molecule has 21 heavy (non-hydrogen) atoms. The minimum atomic E-state index is -0.405. The third-order valence-electron chi connectivity index (χ3n) is 2.73. The summed E-state index contributed by atoms with van der Waals surface area (Å²) in [5, 5.41) is 14.9. The molecule has 2 aromatic carbocycles. The molecular formula is C14H11Cl2N3O2. The van der Waals surface area contributed by atoms with E-state index in [0.717, 1.165) is 0 Å². The third kappa shape index (κ3) is 3.45. The van der Waals surface area contributed by atoms with E-state index in [2.05, 4.69) is 10.5 Å². The largest absolute Gasteiger partial charge is 0.409 e. The van der Waals surface area contributed by atoms with Gasteiger partial charge in [-0.05, 0) is 24.3 Å². The average molecular weight is 324 g/mol. The van der Waals surface area contributed by atoms with Crippen LogP contribution in [0, 0.1) is 0 Å². The van der Waals surface area contributed by atoms with Gasteiger partial charge in [-0.3, -0.25) is 4.79 Å². The lowest BCUT2D eigenvalue weighted by atomic mass is 10.1. The Morgan fingerprint density at radius 3 is 2.29 bits per heavy atom. The summed E-state index contributed by atoms with van der Waals surface area (Å²) in [6.07, 6.45) is 0. The minimum absolute atomic E-state index is 0.0829. The number of amidine groups is 1. The number of carbonyl (C=O) groups is 1. The minimum Gasteiger partial charge on any atom is -0.409 e. The number of oxime groups is 1. The predicted molar refractivity (Wildman–Crippen MR) is 83.4 cm³/mol. The Morgan fingerprint density at radius 2 is 1.67 bits per heavy atom. The zero-order valence-corrected chi connectivity index (χ0v) is 12.2. The monoisotopic (exact) mass is 323 g/mol. The molecule has 0 aliphatic rings. The summed E-state index contributed by atoms with van der Waals surface area (Å²) in [4.78, 5) is 12.2. The van der Waals surface area contributed by atoms with Gasteiger partial charge >= 0.3 is 0 Å². The van der Waals surface area contributed by atoms with Crippen LogP contribution in [0.4, 0.5) is 5.69 Å². The molecule has 2 rings (SSSR count). The first kappa shape index (κ1) is 15.2. The Labute approximate surface area is 131 Å². The molecule has 2 aromatic rings. The fraction of sp³-hybridized carbons (Fsp3) is 0. The zero-order valence-electron chi connectivity index (χ0n) is 10.7. The van der Waals surface area contributed by atoms with Crippen molar-refractivity contribution in [2.45, 2.75) is 0 Å². The van der Waals surface area contributed by atoms with Crippen molar-refractivity contribution in [3.63, 3.8) is 0 Å². The molecule has 0 aromatic heterocycles. The van der Waals surface area contributed by atoms with E-state index in [1.807, 2.05) is 0 Å². The maximum atomic E-state index is 12.2. The number of rotatable bonds is 3. The van der Waals surface area contributed by atoms with Gasteiger partial charge in [-0.15, -0.1) is 0 Å². The fourth-order valence-corrected chi connectivity index (χ4v) is 2.17. The highest BCUT2D eigenvalue weighted by atomic mass is 35.5. The summed E-state index contributed by atoms with van der Waals surface area (Å²) in [6, 6.07) is 11.2. The van der Waals surface area contributed by atoms with Gasteiger partial charge < -0.3 is 16.3 Å². The van der Waals surface area contributed by atoms with Gasteiger partial charge in [0, 0.05) is 11.1 Å². The van der Waals surface area contributed by atoms with E-state index in [1.54, 1.807) is 36.4 Å². The Balaban J connectivity index is 2.29. The van der Waals surface area contributed by atoms with Gasteiger partial charge in [-0.1, -0.05) is 46.6 Å². The number of para-hydroxylation sites is 1. The maximum Gasteiger partial charge on any atom is 0.255 e. The first-order chi connectivity index (χ1) is 10.0. The molecule has 0 radical (unpaired) electrons. The Morgan fingerprint density at radius 1 is 1.10 bits per heavy atom. The summed E-state index contributed by atoms with van der Waals surface area (Å²) >= 11 is 12.0. The fourth-order valence-electron chi connectivity index (χ4n) is 1.68. The smallest absolute Gasteiger partial charge is 0.255 e. The topological polar surface area (TPSA) is 87.7 Å². The van der Waals surface area contributed by atoms with Crippen LogP contribution in [0.5, 0.6) is 0 Å². The van der Waals surface area contributed by atoms with Crippen molar-refractivity contribution in [1.82, 2.24) is 0 Å². The highest BCUT2D eigenvalue weighted by Gasteiger charge is 2.12. The van der Waals surface area contributed by atoms with Crippen LogP contribution in [-0.4, -0.2) is 17.0 Å². The highest BCUT2D eigenvalue weighted by Crippen LogP contribution is 2.30. The number of nitrogens with one attached hydrogen (secondary N) is 1. The van der Waals surface area contributed by atoms with Gasteiger partial charge in [0.25, 0.3) is 5.91 Å². The van der Waals surface area contributed by atoms with Crippen molar-refractivity contribution in [1.29, 1.82) is 0 Å². The second kappa shape index (κ2) is 6.47. The molecule has 1 amide bonds. The Bertz CT molecular complexity index is 697. The van der Waals surface area contributed by atoms with Crippen LogP contribution in [0.15, 0.2) is 47.6 Å². The summed E-state index contributed by atoms with van der Waals surface area (Å²) in [5.74, 6) is -0.488. The van der Waals surface area contributed by atoms with Crippen molar-refractivity contribution < 1.29 is 10.0 Å². The van der Waals surface area contributed by atoms with Crippen LogP contribution in [0.25, 0.3) is 0 Å². The van der Waals surface area contributed by atoms with Crippen molar-refractivity contribution in [2.24, 2.45) is 10.9 Å². The van der Waals surface area contributed by atoms with Gasteiger partial charge in [0.1, 0.15) is 0 Å². The first-order valence-corrected chi connectivity index (χ1v) is 6.62. The van der Waals surface area contributed by atoms with Crippen molar-refractivity contribution in [3.05, 3.63) is 63.6 Å². The number of hydrogen-bond donors (Lipinski definition) is 3. The van der Waals surface area contributed by atoms with Crippen molar-refractivity contribution in [2.75, 3.05) is 5.32 Å². The average Bonchev–Trinajstić information content (AvgIpc) is 2.50. The van der Waals surface area contributed by atoms with E-state index in [0.29, 0.717) is 26.9 Å². The van der Waals surface area contributed by atoms with Crippen LogP contribution in [0.1, 0.15) is 15.9 Å². The third-order valence-corrected chi connectivity index (χ3v) is 3.36. The van der Waals surface area contributed by atoms with E-state index < -0.39 is 5.91 Å². The molecule has 0 bridgehead atoms. The van der Waals surface area contributed by atoms with E-state index in [-0.39, 0.29) is 5.84 Å². The van der Waals surface area contributed by atoms with Crippen LogP contribution in [0.3, 0.4) is 0 Å². The quantitative estimate of drug-likeness (QED) is 0.350. The Hall–Kier alpha value is -2.24. The molecule has 0 saturated heterocycles. The van der Waals surface area contributed by atoms with Gasteiger partial charge in [0.2, 0.25) is 0 Å². The summed E-state index contributed by atoms with van der Waals surface area (Å²) in [6.45, 7) is 0. The molecule has 108 valence electrons. The molecule has 0 atom stereocenters. The second-order valence-electron chi connectivity index (χ2n) is 4.12. The number of hydrogen-bond acceptors (Lipinski definition) is 3. The number of nitrogens with zero attached hydrogens (tertiary/aromatic N) is 1. The SMILES string of the molecule is NC(=NO)c1cccc(C(=O)Nc2c(Cl)cccc2Cl)c1. The molecule has 0 aliphatic heterocycles. The number of nitrogens with two attached hydrogens (primary N) is 1. The highest BCUT2D eigenvalue weighted by molar-refractivity contribution is 6.40. The van der Waals surface area contributed by atoms with Gasteiger partial charge in [-0.2, -0.15) is 0 Å². The summed E-state index contributed by atoms with van der Waals surface area (Å²) in [5.41, 5.74) is 6.58. The maximum absolute atomic E-state index is 12.2. The molecule has 4 N–H and O–H groups in total. The summed E-state index contributed by atoms with van der Waals surface area (Å²) in [7, 11) is 0. The molecule has 0 aliphatic carbocycles. The van der Waals surface area contributed by atoms with Crippen molar-refractivity contribution in [3.8, 4) is 0 Å². The van der Waals surface area contributed by atoms with Gasteiger partial charge in [0.05, 0.1) is 15.7 Å². The lowest BCUT2D eigenvalue weighted by Gasteiger charge is -2.09. The first-order valence-electron chi connectivity index (χ1n) is 5.86. The molecular weight excluding hydrogens is 313 g/mol. The van der Waals surface area contributed by atoms with Gasteiger partial charge in [0.15, 0.2) is 5.84 Å². The number of halogens is 2. The molecule has 0 spiro atoms. The van der Waals surface area contributed by atoms with Crippen molar-refractivity contribution >= 4 is 40.6 Å². The van der Waals surface area contributed by atoms with Crippen LogP contribution >= 0.6 is 23.2 Å². The van der Waals surface area contributed by atoms with E-state index in [9.17, 15) is 4.79 Å². The van der Waals surface area contributed by atoms with Crippen LogP contribution in [-0.2, 0) is 0 Å².